The van der Waals surface area contributed by atoms with E-state index in [1.165, 1.54) is 0 Å². The van der Waals surface area contributed by atoms with E-state index < -0.39 is 0 Å². The summed E-state index contributed by atoms with van der Waals surface area (Å²) in [6.45, 7) is 1.97. The number of nitrogens with one attached hydrogen (secondary N) is 2. The lowest BCUT2D eigenvalue weighted by atomic mass is 9.97. The molecule has 5 rings (SSSR count). The Kier molecular flexibility index (Phi) is 5.54. The maximum absolute atomic E-state index is 13.1. The van der Waals surface area contributed by atoms with Crippen molar-refractivity contribution >= 4 is 34.0 Å². The van der Waals surface area contributed by atoms with E-state index >= 15 is 0 Å². The third-order valence-corrected chi connectivity index (χ3v) is 7.11. The monoisotopic (exact) mass is 440 g/mol. The Morgan fingerprint density at radius 3 is 2.71 bits per heavy atom. The summed E-state index contributed by atoms with van der Waals surface area (Å²) < 4.78 is 12.5. The zero-order valence-electron chi connectivity index (χ0n) is 17.3. The van der Waals surface area contributed by atoms with Gasteiger partial charge >= 0.3 is 6.03 Å². The van der Waals surface area contributed by atoms with Crippen molar-refractivity contribution in [2.75, 3.05) is 18.5 Å². The summed E-state index contributed by atoms with van der Waals surface area (Å²) in [4.78, 5) is 19.5. The number of fused-ring (bicyclic) bond motifs is 3. The number of hydrogen-bond donors (Lipinski definition) is 2. The molecule has 0 radical (unpaired) electrons. The molecule has 2 fully saturated rings. The second-order valence-electron chi connectivity index (χ2n) is 8.29. The van der Waals surface area contributed by atoms with Gasteiger partial charge < -0.3 is 10.2 Å². The lowest BCUT2D eigenvalue weighted by molar-refractivity contribution is 0.141. The third-order valence-electron chi connectivity index (χ3n) is 6.22. The molecule has 7 nitrogen and oxygen atoms in total. The minimum atomic E-state index is -0.357. The molecule has 4 heterocycles. The van der Waals surface area contributed by atoms with E-state index in [1.54, 1.807) is 17.5 Å². The van der Waals surface area contributed by atoms with Crippen molar-refractivity contribution < 1.29 is 9.18 Å². The molecule has 31 heavy (non-hydrogen) atoms. The SMILES string of the molecule is Cc1nnc(-c2ccc3cnc(NC(=O)N4[C@@H]5CC[C@H]4CC(NCCF)C5)cc3c2)s1. The molecule has 2 aliphatic heterocycles. The first-order chi connectivity index (χ1) is 15.1. The summed E-state index contributed by atoms with van der Waals surface area (Å²) in [6.07, 6.45) is 5.53. The highest BCUT2D eigenvalue weighted by Gasteiger charge is 2.43. The van der Waals surface area contributed by atoms with Gasteiger partial charge in [-0.15, -0.1) is 10.2 Å². The van der Waals surface area contributed by atoms with Crippen LogP contribution < -0.4 is 10.6 Å². The Bertz CT molecular complexity index is 1090. The van der Waals surface area contributed by atoms with Gasteiger partial charge in [-0.3, -0.25) is 5.32 Å². The fraction of sp³-hybridized carbons (Fsp3) is 0.455. The normalized spacial score (nSPS) is 22.8. The van der Waals surface area contributed by atoms with Crippen LogP contribution in [0.3, 0.4) is 0 Å². The molecule has 2 amide bonds. The summed E-state index contributed by atoms with van der Waals surface area (Å²) in [5.74, 6) is 0.542. The number of urea groups is 1. The molecule has 0 spiro atoms. The topological polar surface area (TPSA) is 83.0 Å². The van der Waals surface area contributed by atoms with Crippen LogP contribution in [0.1, 0.15) is 30.7 Å². The number of piperidine rings is 1. The quantitative estimate of drug-likeness (QED) is 0.623. The molecule has 3 atom stereocenters. The highest BCUT2D eigenvalue weighted by molar-refractivity contribution is 7.14. The zero-order chi connectivity index (χ0) is 21.4. The highest BCUT2D eigenvalue weighted by atomic mass is 32.1. The average molecular weight is 441 g/mol. The first-order valence-electron chi connectivity index (χ1n) is 10.7. The molecule has 0 saturated carbocycles. The van der Waals surface area contributed by atoms with Crippen molar-refractivity contribution in [2.45, 2.75) is 50.7 Å². The molecular formula is C22H25FN6OS. The highest BCUT2D eigenvalue weighted by Crippen LogP contribution is 2.36. The number of carbonyl (C=O) groups excluding carboxylic acids is 1. The van der Waals surface area contributed by atoms with Crippen molar-refractivity contribution in [3.63, 3.8) is 0 Å². The predicted molar refractivity (Wildman–Crippen MR) is 120 cm³/mol. The van der Waals surface area contributed by atoms with Crippen LogP contribution in [-0.4, -0.2) is 57.5 Å². The van der Waals surface area contributed by atoms with Gasteiger partial charge in [0.2, 0.25) is 0 Å². The number of carbonyl (C=O) groups is 1. The number of rotatable bonds is 5. The van der Waals surface area contributed by atoms with E-state index in [-0.39, 0.29) is 24.8 Å². The zero-order valence-corrected chi connectivity index (χ0v) is 18.2. The van der Waals surface area contributed by atoms with Gasteiger partial charge in [0.05, 0.1) is 0 Å². The predicted octanol–water partition coefficient (Wildman–Crippen LogP) is 4.15. The van der Waals surface area contributed by atoms with E-state index in [4.69, 9.17) is 0 Å². The number of aryl methyl sites for hydroxylation is 1. The minimum absolute atomic E-state index is 0.0980. The van der Waals surface area contributed by atoms with E-state index in [9.17, 15) is 9.18 Å². The average Bonchev–Trinajstić information content (AvgIpc) is 3.32. The maximum Gasteiger partial charge on any atom is 0.323 e. The molecule has 162 valence electrons. The van der Waals surface area contributed by atoms with Gasteiger partial charge in [-0.1, -0.05) is 23.5 Å². The Morgan fingerprint density at radius 2 is 2.00 bits per heavy atom. The van der Waals surface area contributed by atoms with Crippen LogP contribution in [0, 0.1) is 6.92 Å². The summed E-state index contributed by atoms with van der Waals surface area (Å²) in [7, 11) is 0. The van der Waals surface area contributed by atoms with E-state index in [0.717, 1.165) is 52.0 Å². The van der Waals surface area contributed by atoms with Gasteiger partial charge in [0, 0.05) is 41.8 Å². The second kappa shape index (κ2) is 8.47. The van der Waals surface area contributed by atoms with Crippen molar-refractivity contribution in [1.82, 2.24) is 25.4 Å². The number of aromatic nitrogens is 3. The van der Waals surface area contributed by atoms with Crippen molar-refractivity contribution in [1.29, 1.82) is 0 Å². The fourth-order valence-electron chi connectivity index (χ4n) is 4.86. The summed E-state index contributed by atoms with van der Waals surface area (Å²) in [6, 6.07) is 8.57. The molecule has 2 aromatic heterocycles. The summed E-state index contributed by atoms with van der Waals surface area (Å²) in [5, 5.41) is 18.4. The molecule has 1 aromatic carbocycles. The number of alkyl halides is 1. The Morgan fingerprint density at radius 1 is 1.19 bits per heavy atom. The number of amides is 2. The van der Waals surface area contributed by atoms with Crippen LogP contribution in [0.2, 0.25) is 0 Å². The van der Waals surface area contributed by atoms with Crippen LogP contribution in [0.15, 0.2) is 30.5 Å². The number of halogens is 1. The van der Waals surface area contributed by atoms with Gasteiger partial charge in [-0.2, -0.15) is 0 Å². The van der Waals surface area contributed by atoms with Crippen LogP contribution in [-0.2, 0) is 0 Å². The molecule has 3 aromatic rings. The Balaban J connectivity index is 1.31. The van der Waals surface area contributed by atoms with Crippen LogP contribution in [0.25, 0.3) is 21.3 Å². The number of nitrogens with zero attached hydrogens (tertiary/aromatic N) is 4. The summed E-state index contributed by atoms with van der Waals surface area (Å²) in [5.41, 5.74) is 1.00. The Hall–Kier alpha value is -2.65. The van der Waals surface area contributed by atoms with Crippen molar-refractivity contribution in [3.8, 4) is 10.6 Å². The first kappa shape index (κ1) is 20.3. The molecular weight excluding hydrogens is 415 g/mol. The number of pyridine rings is 1. The van der Waals surface area contributed by atoms with Gasteiger partial charge in [0.15, 0.2) is 0 Å². The number of benzene rings is 1. The number of hydrogen-bond acceptors (Lipinski definition) is 6. The molecule has 2 N–H and O–H groups in total. The molecule has 9 heteroatoms. The molecule has 2 saturated heterocycles. The van der Waals surface area contributed by atoms with Crippen LogP contribution >= 0.6 is 11.3 Å². The van der Waals surface area contributed by atoms with Crippen molar-refractivity contribution in [2.24, 2.45) is 0 Å². The largest absolute Gasteiger partial charge is 0.323 e. The molecule has 2 aliphatic rings. The van der Waals surface area contributed by atoms with Crippen LogP contribution in [0.5, 0.6) is 0 Å². The smallest absolute Gasteiger partial charge is 0.318 e. The van der Waals surface area contributed by atoms with Crippen molar-refractivity contribution in [3.05, 3.63) is 35.5 Å². The van der Waals surface area contributed by atoms with Gasteiger partial charge in [-0.05, 0) is 50.1 Å². The lowest BCUT2D eigenvalue weighted by Crippen LogP contribution is -2.53. The third kappa shape index (κ3) is 4.12. The van der Waals surface area contributed by atoms with Crippen LogP contribution in [0.4, 0.5) is 15.0 Å². The van der Waals surface area contributed by atoms with E-state index in [2.05, 4.69) is 31.9 Å². The van der Waals surface area contributed by atoms with Gasteiger partial charge in [0.1, 0.15) is 22.5 Å². The maximum atomic E-state index is 13.1. The first-order valence-corrected chi connectivity index (χ1v) is 11.5. The van der Waals surface area contributed by atoms with Gasteiger partial charge in [0.25, 0.3) is 0 Å². The number of anilines is 1. The van der Waals surface area contributed by atoms with Gasteiger partial charge in [-0.25, -0.2) is 14.2 Å². The fourth-order valence-corrected chi connectivity index (χ4v) is 5.55. The summed E-state index contributed by atoms with van der Waals surface area (Å²) >= 11 is 1.56. The Labute approximate surface area is 184 Å². The second-order valence-corrected chi connectivity index (χ2v) is 9.47. The molecule has 1 unspecified atom stereocenters. The minimum Gasteiger partial charge on any atom is -0.318 e. The lowest BCUT2D eigenvalue weighted by Gasteiger charge is -2.39. The van der Waals surface area contributed by atoms with E-state index in [0.29, 0.717) is 18.4 Å². The molecule has 0 aliphatic carbocycles. The standard InChI is InChI=1S/C22H25FN6OS/c1-13-27-28-21(31-13)14-2-3-15-12-25-20(9-16(15)8-14)26-22(30)29-18-4-5-19(29)11-17(10-18)24-7-6-23/h2-3,8-9,12,17-19,24H,4-7,10-11H2,1H3,(H,25,26,30)/t17?,18-,19+. The molecule has 2 bridgehead atoms. The van der Waals surface area contributed by atoms with E-state index in [1.807, 2.05) is 30.0 Å².